The van der Waals surface area contributed by atoms with Crippen molar-refractivity contribution in [2.45, 2.75) is 12.3 Å². The molecule has 0 saturated heterocycles. The Labute approximate surface area is 194 Å². The highest BCUT2D eigenvalue weighted by Crippen LogP contribution is 2.35. The fourth-order valence-corrected chi connectivity index (χ4v) is 6.80. The summed E-state index contributed by atoms with van der Waals surface area (Å²) in [6.07, 6.45) is 0. The van der Waals surface area contributed by atoms with E-state index in [4.69, 9.17) is 9.47 Å². The van der Waals surface area contributed by atoms with E-state index in [2.05, 4.69) is 79.7 Å². The average molecular weight is 458 g/mol. The Morgan fingerprint density at radius 3 is 1.28 bits per heavy atom. The molecular formula is C28H28O2P2. The van der Waals surface area contributed by atoms with E-state index < -0.39 is 0 Å². The maximum absolute atomic E-state index is 5.51. The van der Waals surface area contributed by atoms with Crippen molar-refractivity contribution in [3.05, 3.63) is 97.1 Å². The lowest BCUT2D eigenvalue weighted by molar-refractivity contribution is 0.416. The van der Waals surface area contributed by atoms with Crippen LogP contribution < -0.4 is 20.1 Å². The van der Waals surface area contributed by atoms with Crippen molar-refractivity contribution >= 4 is 27.8 Å². The molecule has 0 N–H and O–H groups in total. The second kappa shape index (κ2) is 10.8. The minimum atomic E-state index is 0.615. The molecule has 2 unspecified atom stereocenters. The molecular weight excluding hydrogens is 430 g/mol. The van der Waals surface area contributed by atoms with Gasteiger partial charge in [-0.05, 0) is 39.3 Å². The van der Waals surface area contributed by atoms with Gasteiger partial charge in [-0.2, -0.15) is 0 Å². The Morgan fingerprint density at radius 2 is 0.906 bits per heavy atom. The van der Waals surface area contributed by atoms with Crippen LogP contribution in [0, 0.1) is 0 Å². The van der Waals surface area contributed by atoms with Crippen molar-refractivity contribution in [1.29, 1.82) is 0 Å². The molecule has 4 aromatic rings. The molecule has 0 aromatic heterocycles. The molecule has 0 bridgehead atoms. The SMILES string of the molecule is COc1ccccc1-c1ccc(PC(C)Pc2ccc(-c3ccccc3OC)cc2)cc1. The van der Waals surface area contributed by atoms with Crippen LogP contribution in [0.4, 0.5) is 0 Å². The third kappa shape index (κ3) is 5.39. The second-order valence-electron chi connectivity index (χ2n) is 7.57. The zero-order valence-corrected chi connectivity index (χ0v) is 20.6. The molecule has 0 aliphatic heterocycles. The molecule has 0 aliphatic rings. The summed E-state index contributed by atoms with van der Waals surface area (Å²) in [6.45, 7) is 2.35. The maximum Gasteiger partial charge on any atom is 0.126 e. The highest BCUT2D eigenvalue weighted by molar-refractivity contribution is 7.65. The lowest BCUT2D eigenvalue weighted by atomic mass is 10.1. The smallest absolute Gasteiger partial charge is 0.126 e. The number of para-hydroxylation sites is 2. The summed E-state index contributed by atoms with van der Waals surface area (Å²) < 4.78 is 11.0. The largest absolute Gasteiger partial charge is 0.496 e. The van der Waals surface area contributed by atoms with Gasteiger partial charge in [-0.1, -0.05) is 109 Å². The molecule has 2 nitrogen and oxygen atoms in total. The quantitative estimate of drug-likeness (QED) is 0.274. The Kier molecular flexibility index (Phi) is 7.59. The molecule has 4 aromatic carbocycles. The van der Waals surface area contributed by atoms with E-state index in [0.29, 0.717) is 5.40 Å². The second-order valence-corrected chi connectivity index (χ2v) is 11.6. The van der Waals surface area contributed by atoms with E-state index in [1.807, 2.05) is 24.3 Å². The van der Waals surface area contributed by atoms with Gasteiger partial charge in [0.1, 0.15) is 11.5 Å². The van der Waals surface area contributed by atoms with Crippen LogP contribution in [0.15, 0.2) is 97.1 Å². The van der Waals surface area contributed by atoms with E-state index in [-0.39, 0.29) is 0 Å². The first-order valence-corrected chi connectivity index (χ1v) is 12.8. The van der Waals surface area contributed by atoms with Crippen molar-refractivity contribution < 1.29 is 9.47 Å². The van der Waals surface area contributed by atoms with Gasteiger partial charge in [0, 0.05) is 11.1 Å². The monoisotopic (exact) mass is 458 g/mol. The summed E-state index contributed by atoms with van der Waals surface area (Å²) in [5.74, 6) is 1.82. The Hall–Kier alpha value is -2.66. The standard InChI is InChI=1S/C28H28O2P2/c1-20(31-23-16-12-21(13-17-23)25-8-4-6-10-27(25)29-2)32-24-18-14-22(15-19-24)26-9-5-7-11-28(26)30-3/h4-20,31-32H,1-3H3. The van der Waals surface area contributed by atoms with Gasteiger partial charge in [0.05, 0.1) is 14.2 Å². The molecule has 0 aliphatic carbocycles. The Morgan fingerprint density at radius 1 is 0.531 bits per heavy atom. The fraction of sp³-hybridized carbons (Fsp3) is 0.143. The molecule has 0 radical (unpaired) electrons. The van der Waals surface area contributed by atoms with Crippen molar-refractivity contribution in [2.75, 3.05) is 14.2 Å². The summed E-state index contributed by atoms with van der Waals surface area (Å²) in [5, 5.41) is 3.41. The summed E-state index contributed by atoms with van der Waals surface area (Å²) in [7, 11) is 5.01. The van der Waals surface area contributed by atoms with Gasteiger partial charge in [0.15, 0.2) is 0 Å². The Balaban J connectivity index is 1.40. The molecule has 162 valence electrons. The number of hydrogen-bond donors (Lipinski definition) is 0. The Bertz CT molecular complexity index is 1060. The van der Waals surface area contributed by atoms with E-state index in [0.717, 1.165) is 39.8 Å². The summed E-state index contributed by atoms with van der Waals surface area (Å²) in [6, 6.07) is 34.2. The highest BCUT2D eigenvalue weighted by atomic mass is 31.1. The molecule has 0 amide bonds. The van der Waals surface area contributed by atoms with Crippen LogP contribution in [0.25, 0.3) is 22.3 Å². The van der Waals surface area contributed by atoms with Crippen molar-refractivity contribution in [2.24, 2.45) is 0 Å². The fourth-order valence-electron chi connectivity index (χ4n) is 3.79. The summed E-state index contributed by atoms with van der Waals surface area (Å²) in [5.41, 5.74) is 4.65. The van der Waals surface area contributed by atoms with Crippen LogP contribution in [0.2, 0.25) is 0 Å². The first kappa shape index (κ1) is 22.5. The van der Waals surface area contributed by atoms with Gasteiger partial charge >= 0.3 is 0 Å². The normalized spacial score (nSPS) is 12.5. The minimum Gasteiger partial charge on any atom is -0.496 e. The van der Waals surface area contributed by atoms with E-state index in [1.165, 1.54) is 21.7 Å². The molecule has 0 spiro atoms. The van der Waals surface area contributed by atoms with E-state index in [9.17, 15) is 0 Å². The number of ether oxygens (including phenoxy) is 2. The number of hydrogen-bond acceptors (Lipinski definition) is 2. The predicted molar refractivity (Wildman–Crippen MR) is 142 cm³/mol. The van der Waals surface area contributed by atoms with Crippen molar-refractivity contribution in [3.63, 3.8) is 0 Å². The molecule has 0 heterocycles. The van der Waals surface area contributed by atoms with Crippen LogP contribution >= 0.6 is 17.2 Å². The van der Waals surface area contributed by atoms with Crippen LogP contribution in [-0.2, 0) is 0 Å². The van der Waals surface area contributed by atoms with Gasteiger partial charge in [-0.3, -0.25) is 0 Å². The predicted octanol–water partition coefficient (Wildman–Crippen LogP) is 6.69. The third-order valence-corrected chi connectivity index (χ3v) is 8.44. The van der Waals surface area contributed by atoms with Crippen LogP contribution in [0.1, 0.15) is 6.92 Å². The number of rotatable bonds is 8. The molecule has 0 fully saturated rings. The third-order valence-electron chi connectivity index (χ3n) is 5.37. The van der Waals surface area contributed by atoms with Crippen LogP contribution in [0.3, 0.4) is 0 Å². The first-order valence-electron chi connectivity index (χ1n) is 10.7. The minimum absolute atomic E-state index is 0.615. The molecule has 4 rings (SSSR count). The van der Waals surface area contributed by atoms with Gasteiger partial charge < -0.3 is 9.47 Å². The zero-order valence-electron chi connectivity index (χ0n) is 18.6. The van der Waals surface area contributed by atoms with Crippen LogP contribution in [0.5, 0.6) is 11.5 Å². The summed E-state index contributed by atoms with van der Waals surface area (Å²) in [4.78, 5) is 0. The van der Waals surface area contributed by atoms with Crippen molar-refractivity contribution in [1.82, 2.24) is 0 Å². The average Bonchev–Trinajstić information content (AvgIpc) is 2.85. The maximum atomic E-state index is 5.51. The zero-order chi connectivity index (χ0) is 22.3. The van der Waals surface area contributed by atoms with Gasteiger partial charge in [-0.25, -0.2) is 0 Å². The van der Waals surface area contributed by atoms with E-state index >= 15 is 0 Å². The molecule has 32 heavy (non-hydrogen) atoms. The summed E-state index contributed by atoms with van der Waals surface area (Å²) >= 11 is 0. The van der Waals surface area contributed by atoms with Crippen LogP contribution in [-0.4, -0.2) is 19.6 Å². The van der Waals surface area contributed by atoms with Gasteiger partial charge in [-0.15, -0.1) is 0 Å². The topological polar surface area (TPSA) is 18.5 Å². The van der Waals surface area contributed by atoms with Gasteiger partial charge in [0.2, 0.25) is 0 Å². The first-order chi connectivity index (χ1) is 15.7. The van der Waals surface area contributed by atoms with E-state index in [1.54, 1.807) is 14.2 Å². The highest BCUT2D eigenvalue weighted by Gasteiger charge is 2.09. The molecule has 2 atom stereocenters. The number of benzene rings is 4. The molecule has 4 heteroatoms. The van der Waals surface area contributed by atoms with Gasteiger partial charge in [0.25, 0.3) is 0 Å². The lowest BCUT2D eigenvalue weighted by Crippen LogP contribution is -2.03. The molecule has 0 saturated carbocycles. The lowest BCUT2D eigenvalue weighted by Gasteiger charge is -2.14. The van der Waals surface area contributed by atoms with Crippen molar-refractivity contribution in [3.8, 4) is 33.8 Å². The number of methoxy groups -OCH3 is 2.